The maximum atomic E-state index is 13.3. The lowest BCUT2D eigenvalue weighted by Gasteiger charge is -2.23. The molecule has 2 aromatic rings. The van der Waals surface area contributed by atoms with Crippen molar-refractivity contribution >= 4 is 17.7 Å². The Labute approximate surface area is 200 Å². The van der Waals surface area contributed by atoms with Crippen molar-refractivity contribution in [2.45, 2.75) is 38.8 Å². The third-order valence-corrected chi connectivity index (χ3v) is 7.16. The first-order valence-electron chi connectivity index (χ1n) is 12.2. The summed E-state index contributed by atoms with van der Waals surface area (Å²) in [5.41, 5.74) is 3.76. The lowest BCUT2D eigenvalue weighted by atomic mass is 10.0. The number of rotatable bonds is 5. The van der Waals surface area contributed by atoms with E-state index in [2.05, 4.69) is 36.1 Å². The topological polar surface area (TPSA) is 70.2 Å². The molecule has 1 atom stereocenters. The fourth-order valence-corrected chi connectivity index (χ4v) is 5.12. The van der Waals surface area contributed by atoms with Crippen molar-refractivity contribution in [3.8, 4) is 0 Å². The molecule has 34 heavy (non-hydrogen) atoms. The predicted octanol–water partition coefficient (Wildman–Crippen LogP) is 3.12. The fraction of sp³-hybridized carbons (Fsp3) is 0.444. The van der Waals surface area contributed by atoms with Gasteiger partial charge in [0.15, 0.2) is 0 Å². The van der Waals surface area contributed by atoms with Gasteiger partial charge in [0.25, 0.3) is 17.7 Å². The number of hydrogen-bond donors (Lipinski definition) is 0. The molecule has 2 fully saturated rings. The summed E-state index contributed by atoms with van der Waals surface area (Å²) in [6, 6.07) is 13.3. The summed E-state index contributed by atoms with van der Waals surface area (Å²) in [6.45, 7) is 7.02. The molecule has 3 amide bonds. The van der Waals surface area contributed by atoms with Crippen molar-refractivity contribution in [1.82, 2.24) is 14.7 Å². The lowest BCUT2D eigenvalue weighted by molar-refractivity contribution is 0.0475. The number of fused-ring (bicyclic) bond motifs is 1. The molecule has 0 saturated carbocycles. The van der Waals surface area contributed by atoms with Gasteiger partial charge in [0.05, 0.1) is 23.8 Å². The second kappa shape index (κ2) is 9.68. The van der Waals surface area contributed by atoms with Gasteiger partial charge in [0.2, 0.25) is 0 Å². The van der Waals surface area contributed by atoms with Gasteiger partial charge in [-0.3, -0.25) is 24.2 Å². The summed E-state index contributed by atoms with van der Waals surface area (Å²) < 4.78 is 5.61. The van der Waals surface area contributed by atoms with Crippen LogP contribution in [0, 0.1) is 6.92 Å². The van der Waals surface area contributed by atoms with E-state index in [0.29, 0.717) is 36.4 Å². The van der Waals surface area contributed by atoms with Crippen LogP contribution in [0.1, 0.15) is 61.5 Å². The second-order valence-corrected chi connectivity index (χ2v) is 9.46. The van der Waals surface area contributed by atoms with Crippen LogP contribution in [-0.4, -0.2) is 77.9 Å². The summed E-state index contributed by atoms with van der Waals surface area (Å²) in [4.78, 5) is 44.6. The van der Waals surface area contributed by atoms with Gasteiger partial charge < -0.3 is 9.64 Å². The molecule has 178 valence electrons. The summed E-state index contributed by atoms with van der Waals surface area (Å²) in [7, 11) is 0. The molecular formula is C27H31N3O4. The van der Waals surface area contributed by atoms with E-state index in [9.17, 15) is 14.4 Å². The van der Waals surface area contributed by atoms with Gasteiger partial charge in [-0.15, -0.1) is 0 Å². The van der Waals surface area contributed by atoms with E-state index in [1.165, 1.54) is 16.0 Å². The van der Waals surface area contributed by atoms with Crippen molar-refractivity contribution in [3.63, 3.8) is 0 Å². The Hall–Kier alpha value is -3.03. The van der Waals surface area contributed by atoms with E-state index in [4.69, 9.17) is 4.74 Å². The number of carbonyl (C=O) groups is 3. The molecule has 0 radical (unpaired) electrons. The van der Waals surface area contributed by atoms with E-state index in [1.807, 2.05) is 4.90 Å². The third-order valence-electron chi connectivity index (χ3n) is 7.16. The van der Waals surface area contributed by atoms with Crippen molar-refractivity contribution in [1.29, 1.82) is 0 Å². The first-order valence-corrected chi connectivity index (χ1v) is 12.2. The minimum Gasteiger partial charge on any atom is -0.376 e. The number of carbonyl (C=O) groups excluding carboxylic acids is 3. The molecule has 2 aromatic carbocycles. The zero-order valence-corrected chi connectivity index (χ0v) is 19.7. The number of nitrogens with zero attached hydrogens (tertiary/aromatic N) is 3. The van der Waals surface area contributed by atoms with Crippen LogP contribution in [0.5, 0.6) is 0 Å². The lowest BCUT2D eigenvalue weighted by Crippen LogP contribution is -2.36. The monoisotopic (exact) mass is 461 g/mol. The summed E-state index contributed by atoms with van der Waals surface area (Å²) >= 11 is 0. The van der Waals surface area contributed by atoms with E-state index < -0.39 is 0 Å². The molecule has 3 heterocycles. The van der Waals surface area contributed by atoms with Crippen molar-refractivity contribution in [2.75, 3.05) is 39.3 Å². The van der Waals surface area contributed by atoms with Crippen LogP contribution < -0.4 is 0 Å². The van der Waals surface area contributed by atoms with Gasteiger partial charge in [0, 0.05) is 44.9 Å². The van der Waals surface area contributed by atoms with E-state index in [-0.39, 0.29) is 30.4 Å². The van der Waals surface area contributed by atoms with Gasteiger partial charge in [0.1, 0.15) is 0 Å². The quantitative estimate of drug-likeness (QED) is 0.640. The number of amides is 3. The zero-order chi connectivity index (χ0) is 23.7. The van der Waals surface area contributed by atoms with Crippen molar-refractivity contribution in [3.05, 3.63) is 70.3 Å². The average Bonchev–Trinajstić information content (AvgIpc) is 3.36. The molecule has 0 spiro atoms. The molecule has 3 aliphatic rings. The number of hydrogen-bond acceptors (Lipinski definition) is 5. The molecular weight excluding hydrogens is 430 g/mol. The molecule has 5 rings (SSSR count). The fourth-order valence-electron chi connectivity index (χ4n) is 5.12. The number of ether oxygens (including phenoxy) is 1. The van der Waals surface area contributed by atoms with Crippen molar-refractivity contribution in [2.24, 2.45) is 0 Å². The summed E-state index contributed by atoms with van der Waals surface area (Å²) in [5.74, 6) is -0.708. The molecule has 0 aromatic heterocycles. The minimum atomic E-state index is -0.328. The van der Waals surface area contributed by atoms with Crippen LogP contribution in [-0.2, 0) is 11.3 Å². The highest BCUT2D eigenvalue weighted by molar-refractivity contribution is 6.22. The SMILES string of the molecule is Cc1ccccc1CN1CCCN(C(=O)c2ccc3c(c2)C(=O)N(CC2CCCO2)C3=O)CC1. The maximum absolute atomic E-state index is 13.3. The molecule has 1 unspecified atom stereocenters. The molecule has 0 aliphatic carbocycles. The molecule has 2 saturated heterocycles. The highest BCUT2D eigenvalue weighted by Gasteiger charge is 2.38. The van der Waals surface area contributed by atoms with Crippen LogP contribution in [0.3, 0.4) is 0 Å². The predicted molar refractivity (Wildman–Crippen MR) is 128 cm³/mol. The van der Waals surface area contributed by atoms with Crippen LogP contribution in [0.15, 0.2) is 42.5 Å². The number of benzene rings is 2. The van der Waals surface area contributed by atoms with E-state index >= 15 is 0 Å². The Bertz CT molecular complexity index is 1110. The summed E-state index contributed by atoms with van der Waals surface area (Å²) in [5, 5.41) is 0. The van der Waals surface area contributed by atoms with Gasteiger partial charge in [-0.05, 0) is 55.5 Å². The summed E-state index contributed by atoms with van der Waals surface area (Å²) in [6.07, 6.45) is 2.61. The van der Waals surface area contributed by atoms with Crippen LogP contribution in [0.25, 0.3) is 0 Å². The van der Waals surface area contributed by atoms with Gasteiger partial charge in [-0.1, -0.05) is 24.3 Å². The molecule has 3 aliphatic heterocycles. The standard InChI is InChI=1S/C27H31N3O4/c1-19-6-2-3-7-21(19)17-28-11-5-12-29(14-13-28)25(31)20-9-10-23-24(16-20)27(33)30(26(23)32)18-22-8-4-15-34-22/h2-3,6-7,9-10,16,22H,4-5,8,11-15,17-18H2,1H3. The molecule has 7 nitrogen and oxygen atoms in total. The van der Waals surface area contributed by atoms with Crippen LogP contribution in [0.2, 0.25) is 0 Å². The highest BCUT2D eigenvalue weighted by Crippen LogP contribution is 2.27. The first-order chi connectivity index (χ1) is 16.5. The Morgan fingerprint density at radius 1 is 0.971 bits per heavy atom. The molecule has 0 N–H and O–H groups in total. The Balaban J connectivity index is 1.25. The highest BCUT2D eigenvalue weighted by atomic mass is 16.5. The molecule has 0 bridgehead atoms. The Kier molecular flexibility index (Phi) is 6.48. The molecule has 7 heteroatoms. The minimum absolute atomic E-state index is 0.0848. The zero-order valence-electron chi connectivity index (χ0n) is 19.7. The van der Waals surface area contributed by atoms with Crippen LogP contribution in [0.4, 0.5) is 0 Å². The first kappa shape index (κ1) is 22.7. The van der Waals surface area contributed by atoms with Crippen molar-refractivity contribution < 1.29 is 19.1 Å². The number of imide groups is 1. The van der Waals surface area contributed by atoms with Crippen LogP contribution >= 0.6 is 0 Å². The Morgan fingerprint density at radius 3 is 2.59 bits per heavy atom. The largest absolute Gasteiger partial charge is 0.376 e. The van der Waals surface area contributed by atoms with Gasteiger partial charge >= 0.3 is 0 Å². The van der Waals surface area contributed by atoms with E-state index in [0.717, 1.165) is 38.9 Å². The normalized spacial score (nSPS) is 21.1. The third kappa shape index (κ3) is 4.50. The second-order valence-electron chi connectivity index (χ2n) is 9.46. The smallest absolute Gasteiger partial charge is 0.261 e. The Morgan fingerprint density at radius 2 is 1.79 bits per heavy atom. The maximum Gasteiger partial charge on any atom is 0.261 e. The average molecular weight is 462 g/mol. The number of aryl methyl sites for hydroxylation is 1. The van der Waals surface area contributed by atoms with Gasteiger partial charge in [-0.2, -0.15) is 0 Å². The van der Waals surface area contributed by atoms with Gasteiger partial charge in [-0.25, -0.2) is 0 Å². The van der Waals surface area contributed by atoms with E-state index in [1.54, 1.807) is 18.2 Å².